The number of hydrogen-bond donors (Lipinski definition) is 2. The first-order valence-electron chi connectivity index (χ1n) is 6.72. The zero-order valence-corrected chi connectivity index (χ0v) is 12.0. The van der Waals surface area contributed by atoms with Crippen LogP contribution in [-0.4, -0.2) is 16.6 Å². The third kappa shape index (κ3) is 3.99. The maximum atomic E-state index is 13.5. The van der Waals surface area contributed by atoms with Gasteiger partial charge in [-0.25, -0.2) is 4.39 Å². The molecule has 0 saturated heterocycles. The van der Waals surface area contributed by atoms with E-state index in [0.29, 0.717) is 6.07 Å². The maximum Gasteiger partial charge on any atom is 0.418 e. The molecule has 0 bridgehead atoms. The molecular weight excluding hydrogens is 332 g/mol. The minimum atomic E-state index is -4.82. The van der Waals surface area contributed by atoms with E-state index in [2.05, 4.69) is 5.32 Å². The first-order valence-corrected chi connectivity index (χ1v) is 6.72. The Labute approximate surface area is 133 Å². The fraction of sp³-hybridized carbons (Fsp3) is 0.200. The van der Waals surface area contributed by atoms with Crippen molar-refractivity contribution in [3.8, 4) is 0 Å². The largest absolute Gasteiger partial charge is 0.418 e. The lowest BCUT2D eigenvalue weighted by Crippen LogP contribution is -2.17. The smallest absolute Gasteiger partial charge is 0.386 e. The second-order valence-corrected chi connectivity index (χ2v) is 4.90. The van der Waals surface area contributed by atoms with Gasteiger partial charge in [0.1, 0.15) is 5.82 Å². The molecule has 1 atom stereocenters. The first-order chi connectivity index (χ1) is 11.2. The number of non-ortho nitro benzene ring substituents is 1. The molecule has 0 aliphatic heterocycles. The minimum absolute atomic E-state index is 0.0690. The van der Waals surface area contributed by atoms with E-state index in [9.17, 15) is 32.8 Å². The predicted octanol–water partition coefficient (Wildman–Crippen LogP) is 3.90. The number of hydrogen-bond acceptors (Lipinski definition) is 4. The monoisotopic (exact) mass is 344 g/mol. The maximum absolute atomic E-state index is 13.5. The molecular formula is C15H12F4N2O3. The molecule has 0 spiro atoms. The summed E-state index contributed by atoms with van der Waals surface area (Å²) in [6.45, 7) is -0.401. The van der Waals surface area contributed by atoms with Crippen LogP contribution in [0.3, 0.4) is 0 Å². The van der Waals surface area contributed by atoms with Crippen molar-refractivity contribution >= 4 is 11.4 Å². The Balaban J connectivity index is 2.23. The first kappa shape index (κ1) is 17.7. The number of alkyl halides is 3. The van der Waals surface area contributed by atoms with Crippen LogP contribution in [0.1, 0.15) is 17.2 Å². The molecule has 0 radical (unpaired) electrons. The minimum Gasteiger partial charge on any atom is -0.386 e. The van der Waals surface area contributed by atoms with Crippen LogP contribution in [0.15, 0.2) is 42.5 Å². The van der Waals surface area contributed by atoms with Crippen molar-refractivity contribution in [1.82, 2.24) is 0 Å². The Morgan fingerprint density at radius 2 is 1.88 bits per heavy atom. The Kier molecular flexibility index (Phi) is 5.03. The summed E-state index contributed by atoms with van der Waals surface area (Å²) >= 11 is 0. The third-order valence-electron chi connectivity index (χ3n) is 3.27. The van der Waals surface area contributed by atoms with E-state index < -0.39 is 46.5 Å². The van der Waals surface area contributed by atoms with Gasteiger partial charge in [0, 0.05) is 29.9 Å². The Morgan fingerprint density at radius 1 is 1.21 bits per heavy atom. The van der Waals surface area contributed by atoms with Gasteiger partial charge < -0.3 is 10.4 Å². The number of nitrogens with one attached hydrogen (secondary N) is 1. The predicted molar refractivity (Wildman–Crippen MR) is 77.9 cm³/mol. The van der Waals surface area contributed by atoms with Crippen molar-refractivity contribution in [1.29, 1.82) is 0 Å². The molecule has 2 N–H and O–H groups in total. The average Bonchev–Trinajstić information content (AvgIpc) is 2.52. The number of nitrogens with zero attached hydrogens (tertiary/aromatic N) is 1. The number of benzene rings is 2. The molecule has 0 saturated carbocycles. The van der Waals surface area contributed by atoms with Gasteiger partial charge in [-0.15, -0.1) is 0 Å². The van der Waals surface area contributed by atoms with Crippen molar-refractivity contribution in [2.45, 2.75) is 12.3 Å². The summed E-state index contributed by atoms with van der Waals surface area (Å²) in [6.07, 6.45) is -6.21. The highest BCUT2D eigenvalue weighted by atomic mass is 19.4. The summed E-state index contributed by atoms with van der Waals surface area (Å²) in [4.78, 5) is 9.68. The van der Waals surface area contributed by atoms with E-state index in [4.69, 9.17) is 0 Å². The topological polar surface area (TPSA) is 75.4 Å². The van der Waals surface area contributed by atoms with Crippen molar-refractivity contribution in [3.05, 3.63) is 69.5 Å². The van der Waals surface area contributed by atoms with Gasteiger partial charge in [-0.05, 0) is 12.1 Å². The third-order valence-corrected chi connectivity index (χ3v) is 3.27. The molecule has 0 aromatic heterocycles. The van der Waals surface area contributed by atoms with Gasteiger partial charge in [-0.1, -0.05) is 18.2 Å². The van der Waals surface area contributed by atoms with Gasteiger partial charge in [-0.3, -0.25) is 10.1 Å². The molecule has 2 aromatic carbocycles. The number of nitro groups is 1. The molecule has 1 unspecified atom stereocenters. The number of aliphatic hydroxyl groups is 1. The van der Waals surface area contributed by atoms with Gasteiger partial charge in [0.05, 0.1) is 16.6 Å². The lowest BCUT2D eigenvalue weighted by atomic mass is 10.1. The SMILES string of the molecule is O=[N+]([O-])c1ccc(NCC(O)c2ccccc2F)c(C(F)(F)F)c1. The molecule has 0 heterocycles. The van der Waals surface area contributed by atoms with Crippen molar-refractivity contribution in [2.75, 3.05) is 11.9 Å². The van der Waals surface area contributed by atoms with Gasteiger partial charge >= 0.3 is 6.18 Å². The van der Waals surface area contributed by atoms with Crippen molar-refractivity contribution < 1.29 is 27.6 Å². The fourth-order valence-corrected chi connectivity index (χ4v) is 2.10. The molecule has 24 heavy (non-hydrogen) atoms. The fourth-order valence-electron chi connectivity index (χ4n) is 2.10. The van der Waals surface area contributed by atoms with E-state index in [1.165, 1.54) is 18.2 Å². The van der Waals surface area contributed by atoms with Crippen molar-refractivity contribution in [2.24, 2.45) is 0 Å². The highest BCUT2D eigenvalue weighted by molar-refractivity contribution is 5.57. The standard InChI is InChI=1S/C15H12F4N2O3/c16-12-4-2-1-3-10(12)14(22)8-20-13-6-5-9(21(23)24)7-11(13)15(17,18)19/h1-7,14,20,22H,8H2. The molecule has 0 aliphatic carbocycles. The summed E-state index contributed by atoms with van der Waals surface area (Å²) < 4.78 is 52.6. The number of halogens is 4. The van der Waals surface area contributed by atoms with Crippen LogP contribution in [0.5, 0.6) is 0 Å². The number of nitro benzene ring substituents is 1. The van der Waals surface area contributed by atoms with Crippen molar-refractivity contribution in [3.63, 3.8) is 0 Å². The van der Waals surface area contributed by atoms with Gasteiger partial charge in [0.15, 0.2) is 0 Å². The summed E-state index contributed by atoms with van der Waals surface area (Å²) in [5, 5.41) is 22.9. The van der Waals surface area contributed by atoms with Crippen LogP contribution in [0.2, 0.25) is 0 Å². The van der Waals surface area contributed by atoms with E-state index in [-0.39, 0.29) is 5.56 Å². The van der Waals surface area contributed by atoms with E-state index in [1.54, 1.807) is 0 Å². The summed E-state index contributed by atoms with van der Waals surface area (Å²) in [5.74, 6) is -0.688. The van der Waals surface area contributed by atoms with E-state index in [1.807, 2.05) is 0 Å². The normalized spacial score (nSPS) is 12.7. The lowest BCUT2D eigenvalue weighted by molar-refractivity contribution is -0.385. The second kappa shape index (κ2) is 6.83. The van der Waals surface area contributed by atoms with Crippen LogP contribution in [0.25, 0.3) is 0 Å². The van der Waals surface area contributed by atoms with Gasteiger partial charge in [0.25, 0.3) is 5.69 Å². The molecule has 5 nitrogen and oxygen atoms in total. The Hall–Kier alpha value is -2.68. The molecule has 0 fully saturated rings. The average molecular weight is 344 g/mol. The zero-order chi connectivity index (χ0) is 17.9. The second-order valence-electron chi connectivity index (χ2n) is 4.90. The Bertz CT molecular complexity index is 750. The van der Waals surface area contributed by atoms with Crippen LogP contribution >= 0.6 is 0 Å². The zero-order valence-electron chi connectivity index (χ0n) is 12.0. The molecule has 2 aromatic rings. The van der Waals surface area contributed by atoms with E-state index >= 15 is 0 Å². The van der Waals surface area contributed by atoms with Crippen LogP contribution in [0, 0.1) is 15.9 Å². The summed E-state index contributed by atoms with van der Waals surface area (Å²) in [6, 6.07) is 7.53. The molecule has 128 valence electrons. The van der Waals surface area contributed by atoms with Gasteiger partial charge in [0.2, 0.25) is 0 Å². The van der Waals surface area contributed by atoms with Gasteiger partial charge in [-0.2, -0.15) is 13.2 Å². The highest BCUT2D eigenvalue weighted by Gasteiger charge is 2.35. The number of rotatable bonds is 5. The van der Waals surface area contributed by atoms with Crippen LogP contribution in [-0.2, 0) is 6.18 Å². The molecule has 2 rings (SSSR count). The van der Waals surface area contributed by atoms with Crippen LogP contribution in [0.4, 0.5) is 28.9 Å². The quantitative estimate of drug-likeness (QED) is 0.490. The summed E-state index contributed by atoms with van der Waals surface area (Å²) in [7, 11) is 0. The number of aliphatic hydroxyl groups excluding tert-OH is 1. The lowest BCUT2D eigenvalue weighted by Gasteiger charge is -2.17. The van der Waals surface area contributed by atoms with E-state index in [0.717, 1.165) is 18.2 Å². The summed E-state index contributed by atoms with van der Waals surface area (Å²) in [5.41, 5.74) is -2.45. The highest BCUT2D eigenvalue weighted by Crippen LogP contribution is 2.37. The van der Waals surface area contributed by atoms with Crippen LogP contribution < -0.4 is 5.32 Å². The molecule has 9 heteroatoms. The molecule has 0 aliphatic rings. The number of anilines is 1. The molecule has 0 amide bonds. The Morgan fingerprint density at radius 3 is 2.46 bits per heavy atom.